The van der Waals surface area contributed by atoms with Crippen molar-refractivity contribution < 1.29 is 23.2 Å². The van der Waals surface area contributed by atoms with E-state index in [1.807, 2.05) is 0 Å². The molecule has 0 aromatic heterocycles. The second-order valence-electron chi connectivity index (χ2n) is 2.96. The smallest absolute Gasteiger partial charge is 0.308 e. The highest BCUT2D eigenvalue weighted by atomic mass is 32.2. The van der Waals surface area contributed by atoms with Crippen LogP contribution in [-0.2, 0) is 18.4 Å². The number of carbonyl (C=O) groups is 2. The third-order valence-electron chi connectivity index (χ3n) is 1.81. The van der Waals surface area contributed by atoms with E-state index in [1.165, 1.54) is 0 Å². The summed E-state index contributed by atoms with van der Waals surface area (Å²) in [6.45, 7) is 3.77. The van der Waals surface area contributed by atoms with Crippen molar-refractivity contribution in [1.29, 1.82) is 0 Å². The van der Waals surface area contributed by atoms with Gasteiger partial charge in [-0.1, -0.05) is 11.8 Å². The minimum Gasteiger partial charge on any atom is -0.308 e. The maximum Gasteiger partial charge on any atom is 0.350 e. The Morgan fingerprint density at radius 1 is 1.31 bits per heavy atom. The first kappa shape index (κ1) is 13.7. The largest absolute Gasteiger partial charge is 0.350 e. The molecule has 0 spiro atoms. The summed E-state index contributed by atoms with van der Waals surface area (Å²) in [5, 5.41) is -0.398. The fourth-order valence-corrected chi connectivity index (χ4v) is 3.68. The van der Waals surface area contributed by atoms with Crippen molar-refractivity contribution in [1.82, 2.24) is 4.90 Å². The van der Waals surface area contributed by atoms with Crippen LogP contribution in [-0.4, -0.2) is 41.3 Å². The number of rotatable bonds is 6. The summed E-state index contributed by atoms with van der Waals surface area (Å²) in [5.41, 5.74) is 0. The average Bonchev–Trinajstić information content (AvgIpc) is 2.50. The summed E-state index contributed by atoms with van der Waals surface area (Å²) in [7, 11) is -3.37. The predicted octanol–water partition coefficient (Wildman–Crippen LogP) is 1.91. The van der Waals surface area contributed by atoms with E-state index >= 15 is 0 Å². The van der Waals surface area contributed by atoms with Crippen LogP contribution in [0.4, 0.5) is 4.79 Å². The molecule has 0 radical (unpaired) electrons. The van der Waals surface area contributed by atoms with Crippen LogP contribution in [0.15, 0.2) is 0 Å². The van der Waals surface area contributed by atoms with Crippen molar-refractivity contribution in [2.45, 2.75) is 13.8 Å². The van der Waals surface area contributed by atoms with Crippen molar-refractivity contribution in [2.24, 2.45) is 0 Å². The molecular formula is C8H14NO5PS. The van der Waals surface area contributed by atoms with E-state index in [0.29, 0.717) is 0 Å². The summed E-state index contributed by atoms with van der Waals surface area (Å²) in [5.74, 6) is -0.258. The van der Waals surface area contributed by atoms with E-state index < -0.39 is 12.8 Å². The third kappa shape index (κ3) is 3.31. The van der Waals surface area contributed by atoms with Crippen LogP contribution in [0.3, 0.4) is 0 Å². The first-order valence-electron chi connectivity index (χ1n) is 4.87. The third-order valence-corrected chi connectivity index (χ3v) is 4.60. The highest BCUT2D eigenvalue weighted by Crippen LogP contribution is 2.49. The van der Waals surface area contributed by atoms with Gasteiger partial charge in [-0.3, -0.25) is 19.1 Å². The van der Waals surface area contributed by atoms with Gasteiger partial charge in [0.05, 0.1) is 19.0 Å². The molecule has 1 aliphatic heterocycles. The monoisotopic (exact) mass is 267 g/mol. The molecule has 0 aromatic rings. The lowest BCUT2D eigenvalue weighted by molar-refractivity contribution is -0.124. The maximum atomic E-state index is 12.1. The van der Waals surface area contributed by atoms with Crippen LogP contribution in [0.2, 0.25) is 0 Å². The van der Waals surface area contributed by atoms with Crippen LogP contribution < -0.4 is 0 Å². The van der Waals surface area contributed by atoms with Crippen molar-refractivity contribution >= 4 is 30.5 Å². The van der Waals surface area contributed by atoms with Crippen molar-refractivity contribution in [3.05, 3.63) is 0 Å². The Morgan fingerprint density at radius 2 is 1.88 bits per heavy atom. The fourth-order valence-electron chi connectivity index (χ4n) is 1.20. The van der Waals surface area contributed by atoms with Gasteiger partial charge in [0.25, 0.3) is 5.24 Å². The summed E-state index contributed by atoms with van der Waals surface area (Å²) in [6, 6.07) is 0. The van der Waals surface area contributed by atoms with Crippen LogP contribution >= 0.6 is 19.4 Å². The van der Waals surface area contributed by atoms with Gasteiger partial charge in [-0.2, -0.15) is 0 Å². The Labute approximate surface area is 98.2 Å². The van der Waals surface area contributed by atoms with Gasteiger partial charge in [-0.25, -0.2) is 0 Å². The molecule has 92 valence electrons. The lowest BCUT2D eigenvalue weighted by Crippen LogP contribution is -2.30. The molecule has 0 unspecified atom stereocenters. The Morgan fingerprint density at radius 3 is 2.25 bits per heavy atom. The number of hydrogen-bond donors (Lipinski definition) is 0. The molecule has 0 atom stereocenters. The van der Waals surface area contributed by atoms with Crippen molar-refractivity contribution in [3.63, 3.8) is 0 Å². The Kier molecular flexibility index (Phi) is 4.98. The molecule has 1 saturated heterocycles. The van der Waals surface area contributed by atoms with Gasteiger partial charge in [-0.05, 0) is 13.8 Å². The molecule has 0 bridgehead atoms. The molecule has 0 N–H and O–H groups in total. The molecule has 8 heteroatoms. The van der Waals surface area contributed by atoms with Crippen molar-refractivity contribution in [2.75, 3.05) is 25.3 Å². The zero-order valence-corrected chi connectivity index (χ0v) is 10.9. The minimum atomic E-state index is -3.37. The number of thioether (sulfide) groups is 1. The van der Waals surface area contributed by atoms with E-state index in [1.54, 1.807) is 13.8 Å². The Balaban J connectivity index is 2.71. The van der Waals surface area contributed by atoms with Gasteiger partial charge in [0, 0.05) is 0 Å². The zero-order chi connectivity index (χ0) is 12.2. The standard InChI is InChI=1S/C8H14NO5PS/c1-3-13-15(12,14-4-2)6-9-7(10)5-16-8(9)11/h3-6H2,1-2H3. The van der Waals surface area contributed by atoms with Crippen LogP contribution in [0.25, 0.3) is 0 Å². The zero-order valence-electron chi connectivity index (χ0n) is 9.17. The van der Waals surface area contributed by atoms with Crippen LogP contribution in [0.1, 0.15) is 13.8 Å². The molecule has 0 aromatic carbocycles. The van der Waals surface area contributed by atoms with Gasteiger partial charge < -0.3 is 9.05 Å². The fraction of sp³-hybridized carbons (Fsp3) is 0.750. The van der Waals surface area contributed by atoms with Crippen molar-refractivity contribution in [3.8, 4) is 0 Å². The number of hydrogen-bond acceptors (Lipinski definition) is 6. The second-order valence-corrected chi connectivity index (χ2v) is 5.91. The normalized spacial score (nSPS) is 17.2. The highest BCUT2D eigenvalue weighted by molar-refractivity contribution is 8.14. The van der Waals surface area contributed by atoms with E-state index in [0.717, 1.165) is 16.7 Å². The van der Waals surface area contributed by atoms with Gasteiger partial charge in [0.1, 0.15) is 6.29 Å². The van der Waals surface area contributed by atoms with E-state index in [-0.39, 0.29) is 31.2 Å². The molecular weight excluding hydrogens is 253 g/mol. The van der Waals surface area contributed by atoms with Gasteiger partial charge in [-0.15, -0.1) is 0 Å². The van der Waals surface area contributed by atoms with Crippen LogP contribution in [0, 0.1) is 0 Å². The molecule has 1 heterocycles. The topological polar surface area (TPSA) is 72.9 Å². The molecule has 1 aliphatic rings. The highest BCUT2D eigenvalue weighted by Gasteiger charge is 2.37. The quantitative estimate of drug-likeness (QED) is 0.684. The number of imide groups is 1. The summed E-state index contributed by atoms with van der Waals surface area (Å²) >= 11 is 0.896. The summed E-state index contributed by atoms with van der Waals surface area (Å²) < 4.78 is 22.1. The molecule has 6 nitrogen and oxygen atoms in total. The SMILES string of the molecule is CCOP(=O)(CN1C(=O)CSC1=O)OCC. The van der Waals surface area contributed by atoms with E-state index in [9.17, 15) is 14.2 Å². The lowest BCUT2D eigenvalue weighted by Gasteiger charge is -2.21. The number of amides is 2. The Hall–Kier alpha value is -0.360. The Bertz CT molecular complexity index is 308. The van der Waals surface area contributed by atoms with Gasteiger partial charge >= 0.3 is 7.60 Å². The molecule has 1 rings (SSSR count). The van der Waals surface area contributed by atoms with E-state index in [4.69, 9.17) is 9.05 Å². The number of nitrogens with zero attached hydrogens (tertiary/aromatic N) is 1. The predicted molar refractivity (Wildman–Crippen MR) is 60.4 cm³/mol. The molecule has 1 fully saturated rings. The first-order chi connectivity index (χ1) is 7.52. The second kappa shape index (κ2) is 5.82. The van der Waals surface area contributed by atoms with Gasteiger partial charge in [0.2, 0.25) is 5.91 Å². The summed E-state index contributed by atoms with van der Waals surface area (Å²) in [6.07, 6.45) is -0.292. The molecule has 0 saturated carbocycles. The molecule has 0 aliphatic carbocycles. The van der Waals surface area contributed by atoms with Gasteiger partial charge in [0.15, 0.2) is 0 Å². The van der Waals surface area contributed by atoms with E-state index in [2.05, 4.69) is 0 Å². The first-order valence-corrected chi connectivity index (χ1v) is 7.59. The maximum absolute atomic E-state index is 12.1. The molecule has 2 amide bonds. The minimum absolute atomic E-state index is 0.0943. The lowest BCUT2D eigenvalue weighted by atomic mass is 10.6. The van der Waals surface area contributed by atoms with Crippen LogP contribution in [0.5, 0.6) is 0 Å². The summed E-state index contributed by atoms with van der Waals surface area (Å²) in [4.78, 5) is 23.6. The molecule has 16 heavy (non-hydrogen) atoms. The average molecular weight is 267 g/mol. The number of carbonyl (C=O) groups excluding carboxylic acids is 2.